The summed E-state index contributed by atoms with van der Waals surface area (Å²) < 4.78 is 1.77. The Hall–Kier alpha value is -3.67. The number of hydrogen-bond acceptors (Lipinski definition) is 4. The van der Waals surface area contributed by atoms with Gasteiger partial charge in [0, 0.05) is 23.4 Å². The fourth-order valence-corrected chi connectivity index (χ4v) is 4.39. The molecular formula is C25H24N4O2. The first-order valence-electron chi connectivity index (χ1n) is 10.6. The standard InChI is InChI=1S/C25H24N4O2/c1-15-11-12-18(13-16(15)2)27-25(31)19-14-26-29-23(17-7-4-3-5-8-17)22-20(28-24(19)29)9-6-10-21(22)30/h3-5,7-8,11-14,23,28H,6,9-10H2,1-2H3,(H,27,31)/t23-/m0/s1. The summed E-state index contributed by atoms with van der Waals surface area (Å²) in [5, 5.41) is 10.9. The lowest BCUT2D eigenvalue weighted by Crippen LogP contribution is -2.32. The number of hydrogen-bond donors (Lipinski definition) is 2. The highest BCUT2D eigenvalue weighted by molar-refractivity contribution is 6.08. The van der Waals surface area contributed by atoms with Crippen LogP contribution in [0.4, 0.5) is 11.5 Å². The Labute approximate surface area is 181 Å². The molecule has 1 atom stereocenters. The van der Waals surface area contributed by atoms with E-state index in [0.29, 0.717) is 17.8 Å². The van der Waals surface area contributed by atoms with Crippen molar-refractivity contribution < 1.29 is 9.59 Å². The van der Waals surface area contributed by atoms with Crippen molar-refractivity contribution in [2.75, 3.05) is 10.6 Å². The minimum atomic E-state index is -0.330. The molecule has 0 radical (unpaired) electrons. The van der Waals surface area contributed by atoms with Crippen LogP contribution in [0, 0.1) is 13.8 Å². The monoisotopic (exact) mass is 412 g/mol. The average molecular weight is 412 g/mol. The van der Waals surface area contributed by atoms with Crippen LogP contribution >= 0.6 is 0 Å². The smallest absolute Gasteiger partial charge is 0.261 e. The van der Waals surface area contributed by atoms with Gasteiger partial charge in [-0.1, -0.05) is 36.4 Å². The molecule has 6 heteroatoms. The molecule has 2 heterocycles. The van der Waals surface area contributed by atoms with E-state index >= 15 is 0 Å². The summed E-state index contributed by atoms with van der Waals surface area (Å²) >= 11 is 0. The van der Waals surface area contributed by atoms with Crippen LogP contribution in [0.25, 0.3) is 0 Å². The number of aromatic nitrogens is 2. The molecule has 2 aliphatic rings. The SMILES string of the molecule is Cc1ccc(NC(=O)c2cnn3c2NC2=C(C(=O)CCC2)[C@@H]3c2ccccc2)cc1C. The minimum absolute atomic E-state index is 0.143. The average Bonchev–Trinajstić information content (AvgIpc) is 3.19. The van der Waals surface area contributed by atoms with E-state index in [9.17, 15) is 9.59 Å². The van der Waals surface area contributed by atoms with E-state index in [-0.39, 0.29) is 17.7 Å². The molecule has 2 N–H and O–H groups in total. The number of nitrogens with one attached hydrogen (secondary N) is 2. The van der Waals surface area contributed by atoms with Gasteiger partial charge in [0.2, 0.25) is 0 Å². The van der Waals surface area contributed by atoms with E-state index < -0.39 is 0 Å². The number of rotatable bonds is 3. The Morgan fingerprint density at radius 3 is 2.68 bits per heavy atom. The fourth-order valence-electron chi connectivity index (χ4n) is 4.39. The molecule has 0 saturated heterocycles. The van der Waals surface area contributed by atoms with Crippen LogP contribution in [0.3, 0.4) is 0 Å². The summed E-state index contributed by atoms with van der Waals surface area (Å²) in [7, 11) is 0. The van der Waals surface area contributed by atoms with Crippen LogP contribution in [-0.4, -0.2) is 21.5 Å². The van der Waals surface area contributed by atoms with Gasteiger partial charge < -0.3 is 10.6 Å². The molecule has 0 bridgehead atoms. The van der Waals surface area contributed by atoms with E-state index in [2.05, 4.69) is 15.7 Å². The lowest BCUT2D eigenvalue weighted by molar-refractivity contribution is -0.116. The third-order valence-corrected chi connectivity index (χ3v) is 6.16. The number of aryl methyl sites for hydroxylation is 2. The predicted molar refractivity (Wildman–Crippen MR) is 120 cm³/mol. The van der Waals surface area contributed by atoms with Crippen LogP contribution in [0.2, 0.25) is 0 Å². The number of amides is 1. The lowest BCUT2D eigenvalue weighted by atomic mass is 9.85. The molecule has 0 fully saturated rings. The van der Waals surface area contributed by atoms with Gasteiger partial charge in [0.1, 0.15) is 17.4 Å². The van der Waals surface area contributed by atoms with E-state index in [1.54, 1.807) is 10.9 Å². The molecule has 1 aromatic heterocycles. The molecule has 0 unspecified atom stereocenters. The number of nitrogens with zero attached hydrogens (tertiary/aromatic N) is 2. The maximum absolute atomic E-state index is 13.1. The van der Waals surface area contributed by atoms with Gasteiger partial charge in [-0.05, 0) is 55.5 Å². The van der Waals surface area contributed by atoms with Gasteiger partial charge in [0.05, 0.1) is 6.20 Å². The van der Waals surface area contributed by atoms with Gasteiger partial charge in [-0.25, -0.2) is 4.68 Å². The first-order chi connectivity index (χ1) is 15.0. The van der Waals surface area contributed by atoms with Gasteiger partial charge in [0.15, 0.2) is 5.78 Å². The number of anilines is 2. The first kappa shape index (κ1) is 19.3. The summed E-state index contributed by atoms with van der Waals surface area (Å²) in [6, 6.07) is 15.4. The topological polar surface area (TPSA) is 76.0 Å². The fraction of sp³-hybridized carbons (Fsp3) is 0.240. The third-order valence-electron chi connectivity index (χ3n) is 6.16. The highest BCUT2D eigenvalue weighted by Gasteiger charge is 2.37. The Bertz CT molecular complexity index is 1220. The van der Waals surface area contributed by atoms with Gasteiger partial charge in [-0.15, -0.1) is 0 Å². The van der Waals surface area contributed by atoms with Crippen molar-refractivity contribution in [1.82, 2.24) is 9.78 Å². The number of ketones is 1. The molecule has 6 nitrogen and oxygen atoms in total. The number of carbonyl (C=O) groups excluding carboxylic acids is 2. The van der Waals surface area contributed by atoms with Crippen LogP contribution < -0.4 is 10.6 Å². The summed E-state index contributed by atoms with van der Waals surface area (Å²) in [6.45, 7) is 4.06. The predicted octanol–water partition coefficient (Wildman–Crippen LogP) is 4.77. The van der Waals surface area contributed by atoms with Gasteiger partial charge >= 0.3 is 0 Å². The van der Waals surface area contributed by atoms with Gasteiger partial charge in [-0.3, -0.25) is 9.59 Å². The molecule has 0 spiro atoms. The third kappa shape index (κ3) is 3.34. The molecule has 156 valence electrons. The second kappa shape index (κ2) is 7.54. The van der Waals surface area contributed by atoms with E-state index in [1.807, 2.05) is 62.4 Å². The van der Waals surface area contributed by atoms with Crippen molar-refractivity contribution in [2.45, 2.75) is 39.2 Å². The Morgan fingerprint density at radius 2 is 1.90 bits per heavy atom. The number of Topliss-reactive ketones (excluding diaryl/α,β-unsaturated/α-hetero) is 1. The highest BCUT2D eigenvalue weighted by atomic mass is 16.1. The number of allylic oxidation sites excluding steroid dienone is 2. The zero-order chi connectivity index (χ0) is 21.5. The Morgan fingerprint density at radius 1 is 1.10 bits per heavy atom. The van der Waals surface area contributed by atoms with E-state index in [0.717, 1.165) is 40.9 Å². The molecule has 1 aliphatic carbocycles. The summed E-state index contributed by atoms with van der Waals surface area (Å²) in [5.74, 6) is 0.545. The summed E-state index contributed by atoms with van der Waals surface area (Å²) in [4.78, 5) is 26.0. The lowest BCUT2D eigenvalue weighted by Gasteiger charge is -2.33. The van der Waals surface area contributed by atoms with Crippen molar-refractivity contribution in [1.29, 1.82) is 0 Å². The maximum atomic E-state index is 13.1. The quantitative estimate of drug-likeness (QED) is 0.649. The minimum Gasteiger partial charge on any atom is -0.343 e. The van der Waals surface area contributed by atoms with Crippen molar-refractivity contribution >= 4 is 23.2 Å². The second-order valence-corrected chi connectivity index (χ2v) is 8.21. The van der Waals surface area contributed by atoms with Crippen LogP contribution in [0.5, 0.6) is 0 Å². The maximum Gasteiger partial charge on any atom is 0.261 e. The molecule has 1 aliphatic heterocycles. The van der Waals surface area contributed by atoms with E-state index in [4.69, 9.17) is 0 Å². The molecule has 31 heavy (non-hydrogen) atoms. The Kier molecular flexibility index (Phi) is 4.70. The molecular weight excluding hydrogens is 388 g/mol. The number of fused-ring (bicyclic) bond motifs is 1. The Balaban J connectivity index is 1.55. The van der Waals surface area contributed by atoms with Crippen LogP contribution in [0.1, 0.15) is 52.4 Å². The first-order valence-corrected chi connectivity index (χ1v) is 10.6. The van der Waals surface area contributed by atoms with Gasteiger partial charge in [0.25, 0.3) is 5.91 Å². The number of carbonyl (C=O) groups is 2. The largest absolute Gasteiger partial charge is 0.343 e. The molecule has 3 aromatic rings. The van der Waals surface area contributed by atoms with Crippen molar-refractivity contribution in [3.63, 3.8) is 0 Å². The normalized spacial score (nSPS) is 17.6. The summed E-state index contributed by atoms with van der Waals surface area (Å²) in [6.07, 6.45) is 3.72. The van der Waals surface area contributed by atoms with Crippen molar-refractivity contribution in [3.05, 3.63) is 88.3 Å². The van der Waals surface area contributed by atoms with Crippen molar-refractivity contribution in [2.24, 2.45) is 0 Å². The molecule has 1 amide bonds. The second-order valence-electron chi connectivity index (χ2n) is 8.21. The van der Waals surface area contributed by atoms with Crippen LogP contribution in [0.15, 0.2) is 66.0 Å². The molecule has 5 rings (SSSR count). The van der Waals surface area contributed by atoms with Crippen molar-refractivity contribution in [3.8, 4) is 0 Å². The van der Waals surface area contributed by atoms with Gasteiger partial charge in [-0.2, -0.15) is 5.10 Å². The van der Waals surface area contributed by atoms with E-state index in [1.165, 1.54) is 5.56 Å². The zero-order valence-corrected chi connectivity index (χ0v) is 17.6. The zero-order valence-electron chi connectivity index (χ0n) is 17.6. The molecule has 2 aromatic carbocycles. The highest BCUT2D eigenvalue weighted by Crippen LogP contribution is 2.41. The van der Waals surface area contributed by atoms with Crippen LogP contribution in [-0.2, 0) is 4.79 Å². The summed E-state index contributed by atoms with van der Waals surface area (Å²) in [5.41, 5.74) is 6.15. The number of benzene rings is 2. The molecule has 0 saturated carbocycles.